The molecule has 0 aromatic heterocycles. The van der Waals surface area contributed by atoms with Gasteiger partial charge in [0, 0.05) is 0 Å². The van der Waals surface area contributed by atoms with Crippen LogP contribution in [0.2, 0.25) is 0 Å². The van der Waals surface area contributed by atoms with Crippen LogP contribution in [-0.4, -0.2) is 18.0 Å². The van der Waals surface area contributed by atoms with E-state index in [1.807, 2.05) is 0 Å². The minimum absolute atomic E-state index is 0.0653. The Bertz CT molecular complexity index is 525. The third-order valence-electron chi connectivity index (χ3n) is 4.28. The number of carbonyl (C=O) groups is 2. The van der Waals surface area contributed by atoms with Crippen molar-refractivity contribution in [2.45, 2.75) is 39.7 Å². The van der Waals surface area contributed by atoms with Crippen molar-refractivity contribution in [1.29, 1.82) is 0 Å². The van der Waals surface area contributed by atoms with Gasteiger partial charge in [-0.25, -0.2) is 14.7 Å². The number of hydrogen-bond acceptors (Lipinski definition) is 3. The molecule has 2 rings (SSSR count). The van der Waals surface area contributed by atoms with Gasteiger partial charge in [0.15, 0.2) is 0 Å². The fourth-order valence-corrected chi connectivity index (χ4v) is 3.45. The lowest BCUT2D eigenvalue weighted by Crippen LogP contribution is -2.37. The highest BCUT2D eigenvalue weighted by atomic mass is 16.5. The number of benzene rings is 1. The molecule has 113 valence electrons. The molecular weight excluding hydrogens is 268 g/mol. The molecule has 0 N–H and O–H groups in total. The maximum atomic E-state index is 12.3. The normalized spacial score (nSPS) is 28.9. The molecule has 0 amide bonds. The zero-order valence-corrected chi connectivity index (χ0v) is 12.7. The highest BCUT2D eigenvalue weighted by Crippen LogP contribution is 2.35. The summed E-state index contributed by atoms with van der Waals surface area (Å²) in [4.78, 5) is 23.4. The molecule has 0 heterocycles. The Labute approximate surface area is 125 Å². The first-order valence-corrected chi connectivity index (χ1v) is 7.41. The van der Waals surface area contributed by atoms with Crippen LogP contribution in [0.3, 0.4) is 0 Å². The molecule has 0 bridgehead atoms. The van der Waals surface area contributed by atoms with Gasteiger partial charge >= 0.3 is 11.9 Å². The number of ether oxygens (including phenoxy) is 1. The third kappa shape index (κ3) is 3.43. The van der Waals surface area contributed by atoms with Gasteiger partial charge in [-0.2, -0.15) is 0 Å². The average molecular weight is 289 g/mol. The summed E-state index contributed by atoms with van der Waals surface area (Å²) in [5.74, 6) is -0.750. The largest absolute Gasteiger partial charge is 0.458 e. The van der Waals surface area contributed by atoms with E-state index in [1.54, 1.807) is 12.1 Å². The molecule has 0 spiro atoms. The van der Waals surface area contributed by atoms with Gasteiger partial charge in [0.05, 0.1) is 11.1 Å². The fraction of sp³-hybridized carbons (Fsp3) is 0.529. The van der Waals surface area contributed by atoms with Gasteiger partial charge < -0.3 is 4.74 Å². The Balaban J connectivity index is 2.16. The van der Waals surface area contributed by atoms with Crippen molar-refractivity contribution in [2.75, 3.05) is 0 Å². The van der Waals surface area contributed by atoms with E-state index in [2.05, 4.69) is 20.8 Å². The molecule has 1 aliphatic carbocycles. The fourth-order valence-electron chi connectivity index (χ4n) is 3.45. The van der Waals surface area contributed by atoms with Gasteiger partial charge in [0.25, 0.3) is 0 Å². The van der Waals surface area contributed by atoms with Crippen LogP contribution in [0.5, 0.6) is 0 Å². The Hall–Kier alpha value is -1.84. The van der Waals surface area contributed by atoms with E-state index < -0.39 is 11.9 Å². The SMILES string of the molecule is CC1CC(C)C(OC(=O)c2ccccc2C([O])=O)C(C)C1. The standard InChI is InChI=1S/C17H21O4/c1-10-8-11(2)15(12(3)9-10)21-17(20)14-7-5-4-6-13(14)16(18)19/h4-7,10-12,15H,8-9H2,1-3H3. The summed E-state index contributed by atoms with van der Waals surface area (Å²) < 4.78 is 5.61. The molecule has 1 radical (unpaired) electrons. The van der Waals surface area contributed by atoms with Crippen molar-refractivity contribution in [3.8, 4) is 0 Å². The summed E-state index contributed by atoms with van der Waals surface area (Å²) in [6, 6.07) is 6.02. The van der Waals surface area contributed by atoms with E-state index in [0.29, 0.717) is 5.92 Å². The maximum Gasteiger partial charge on any atom is 0.387 e. The van der Waals surface area contributed by atoms with E-state index in [4.69, 9.17) is 4.74 Å². The molecule has 21 heavy (non-hydrogen) atoms. The Morgan fingerprint density at radius 2 is 1.52 bits per heavy atom. The summed E-state index contributed by atoms with van der Waals surface area (Å²) in [7, 11) is 0. The molecule has 0 saturated heterocycles. The predicted octanol–water partition coefficient (Wildman–Crippen LogP) is 3.48. The molecule has 0 aliphatic heterocycles. The molecule has 4 heteroatoms. The first-order chi connectivity index (χ1) is 9.90. The lowest BCUT2D eigenvalue weighted by molar-refractivity contribution is -0.0254. The summed E-state index contributed by atoms with van der Waals surface area (Å²) in [6.45, 7) is 6.36. The molecule has 1 fully saturated rings. The van der Waals surface area contributed by atoms with Crippen LogP contribution in [0.15, 0.2) is 24.3 Å². The summed E-state index contributed by atoms with van der Waals surface area (Å²) in [5.41, 5.74) is -0.0532. The van der Waals surface area contributed by atoms with Crippen molar-refractivity contribution in [1.82, 2.24) is 0 Å². The van der Waals surface area contributed by atoms with E-state index in [-0.39, 0.29) is 29.1 Å². The summed E-state index contributed by atoms with van der Waals surface area (Å²) in [6.07, 6.45) is 1.87. The van der Waals surface area contributed by atoms with E-state index in [1.165, 1.54) is 12.1 Å². The number of hydrogen-bond donors (Lipinski definition) is 0. The first kappa shape index (κ1) is 15.5. The van der Waals surface area contributed by atoms with Gasteiger partial charge in [0.1, 0.15) is 6.10 Å². The number of carbonyl (C=O) groups excluding carboxylic acids is 2. The van der Waals surface area contributed by atoms with Gasteiger partial charge in [-0.15, -0.1) is 0 Å². The smallest absolute Gasteiger partial charge is 0.387 e. The third-order valence-corrected chi connectivity index (χ3v) is 4.28. The monoisotopic (exact) mass is 289 g/mol. The van der Waals surface area contributed by atoms with Crippen LogP contribution in [-0.2, 0) is 9.84 Å². The van der Waals surface area contributed by atoms with E-state index >= 15 is 0 Å². The summed E-state index contributed by atoms with van der Waals surface area (Å²) in [5, 5.41) is 11.1. The van der Waals surface area contributed by atoms with Crippen molar-refractivity contribution in [3.63, 3.8) is 0 Å². The molecule has 2 unspecified atom stereocenters. The Kier molecular flexibility index (Phi) is 4.66. The molecular formula is C17H21O4. The second-order valence-electron chi connectivity index (χ2n) is 6.23. The van der Waals surface area contributed by atoms with Crippen LogP contribution in [0.4, 0.5) is 0 Å². The lowest BCUT2D eigenvalue weighted by Gasteiger charge is -2.37. The molecule has 1 aromatic rings. The van der Waals surface area contributed by atoms with Crippen LogP contribution in [0.25, 0.3) is 0 Å². The van der Waals surface area contributed by atoms with Crippen LogP contribution in [0.1, 0.15) is 54.3 Å². The van der Waals surface area contributed by atoms with Crippen LogP contribution < -0.4 is 0 Å². The highest BCUT2D eigenvalue weighted by molar-refractivity contribution is 6.02. The molecule has 1 saturated carbocycles. The zero-order chi connectivity index (χ0) is 15.6. The molecule has 1 aliphatic rings. The number of esters is 1. The van der Waals surface area contributed by atoms with Crippen molar-refractivity contribution < 1.29 is 19.4 Å². The average Bonchev–Trinajstić information content (AvgIpc) is 2.42. The van der Waals surface area contributed by atoms with Crippen LogP contribution >= 0.6 is 0 Å². The zero-order valence-electron chi connectivity index (χ0n) is 12.7. The van der Waals surface area contributed by atoms with Gasteiger partial charge in [0.2, 0.25) is 0 Å². The highest BCUT2D eigenvalue weighted by Gasteiger charge is 2.34. The molecule has 2 atom stereocenters. The van der Waals surface area contributed by atoms with Gasteiger partial charge in [-0.1, -0.05) is 32.9 Å². The molecule has 1 aromatic carbocycles. The topological polar surface area (TPSA) is 63.3 Å². The van der Waals surface area contributed by atoms with Gasteiger partial charge in [-0.05, 0) is 42.7 Å². The van der Waals surface area contributed by atoms with Crippen molar-refractivity contribution >= 4 is 11.9 Å². The van der Waals surface area contributed by atoms with Crippen LogP contribution in [0, 0.1) is 17.8 Å². The minimum Gasteiger partial charge on any atom is -0.458 e. The van der Waals surface area contributed by atoms with Gasteiger partial charge in [-0.3, -0.25) is 0 Å². The van der Waals surface area contributed by atoms with E-state index in [0.717, 1.165) is 12.8 Å². The second kappa shape index (κ2) is 6.29. The Morgan fingerprint density at radius 3 is 2.05 bits per heavy atom. The quantitative estimate of drug-likeness (QED) is 0.800. The predicted molar refractivity (Wildman–Crippen MR) is 77.4 cm³/mol. The van der Waals surface area contributed by atoms with E-state index in [9.17, 15) is 14.7 Å². The summed E-state index contributed by atoms with van der Waals surface area (Å²) >= 11 is 0. The Morgan fingerprint density at radius 1 is 1.00 bits per heavy atom. The first-order valence-electron chi connectivity index (χ1n) is 7.41. The lowest BCUT2D eigenvalue weighted by atomic mass is 9.75. The van der Waals surface area contributed by atoms with Crippen molar-refractivity contribution in [2.24, 2.45) is 17.8 Å². The van der Waals surface area contributed by atoms with Crippen molar-refractivity contribution in [3.05, 3.63) is 35.4 Å². The maximum absolute atomic E-state index is 12.3. The second-order valence-corrected chi connectivity index (χ2v) is 6.23. The number of rotatable bonds is 3. The molecule has 4 nitrogen and oxygen atoms in total. The minimum atomic E-state index is -1.36.